The van der Waals surface area contributed by atoms with Crippen LogP contribution in [0.1, 0.15) is 0 Å². The van der Waals surface area contributed by atoms with Gasteiger partial charge < -0.3 is 0 Å². The van der Waals surface area contributed by atoms with Crippen LogP contribution in [0.25, 0.3) is 0 Å². The third-order valence-corrected chi connectivity index (χ3v) is 0. The Morgan fingerprint density at radius 3 is 0.500 bits per heavy atom. The first kappa shape index (κ1) is 24.0. The minimum Gasteiger partial charge on any atom is 0 e. The van der Waals surface area contributed by atoms with Crippen LogP contribution >= 0.6 is 0 Å². The second-order valence-electron chi connectivity index (χ2n) is 0. The standard InChI is InChI=1S/Ir.3La. The van der Waals surface area contributed by atoms with E-state index in [9.17, 15) is 0 Å². The van der Waals surface area contributed by atoms with Crippen LogP contribution in [0.5, 0.6) is 0 Å². The Balaban J connectivity index is 0. The zero-order chi connectivity index (χ0) is 0. The molecule has 0 aliphatic heterocycles. The molecule has 0 unspecified atom stereocenters. The predicted molar refractivity (Wildman–Crippen MR) is 0 cm³/mol. The van der Waals surface area contributed by atoms with Crippen molar-refractivity contribution in [2.75, 3.05) is 0 Å². The van der Waals surface area contributed by atoms with Crippen molar-refractivity contribution in [2.45, 2.75) is 0 Å². The molecule has 0 saturated carbocycles. The van der Waals surface area contributed by atoms with Crippen molar-refractivity contribution < 1.29 is 127 Å². The summed E-state index contributed by atoms with van der Waals surface area (Å²) < 4.78 is 0. The van der Waals surface area contributed by atoms with Crippen LogP contribution in [0, 0.1) is 107 Å². The van der Waals surface area contributed by atoms with Gasteiger partial charge in [0.05, 0.1) is 0 Å². The van der Waals surface area contributed by atoms with E-state index in [1.54, 1.807) is 0 Å². The van der Waals surface area contributed by atoms with Gasteiger partial charge in [0.25, 0.3) is 0 Å². The maximum absolute atomic E-state index is 0. The molecular weight excluding hydrogens is 609 g/mol. The summed E-state index contributed by atoms with van der Waals surface area (Å²) in [4.78, 5) is 0. The topological polar surface area (TPSA) is 0 Å². The summed E-state index contributed by atoms with van der Waals surface area (Å²) in [5, 5.41) is 0. The number of hydrogen-bond acceptors (Lipinski definition) is 0. The van der Waals surface area contributed by atoms with Gasteiger partial charge in [-0.1, -0.05) is 0 Å². The van der Waals surface area contributed by atoms with Gasteiger partial charge in [0.15, 0.2) is 0 Å². The fraction of sp³-hybridized carbons (Fsp3) is 0. The summed E-state index contributed by atoms with van der Waals surface area (Å²) in [6.45, 7) is 0. The molecule has 4 heteroatoms. The van der Waals surface area contributed by atoms with Crippen LogP contribution in [-0.2, 0) is 20.1 Å². The van der Waals surface area contributed by atoms with Crippen molar-refractivity contribution in [2.24, 2.45) is 0 Å². The van der Waals surface area contributed by atoms with E-state index in [0.29, 0.717) is 0 Å². The maximum atomic E-state index is 0. The molecule has 4 radical (unpaired) electrons. The molecule has 0 rings (SSSR count). The second-order valence-corrected chi connectivity index (χ2v) is 0. The molecule has 0 fully saturated rings. The van der Waals surface area contributed by atoms with Crippen molar-refractivity contribution in [3.05, 3.63) is 0 Å². The quantitative estimate of drug-likeness (QED) is 0.364. The van der Waals surface area contributed by atoms with Gasteiger partial charge in [-0.15, -0.1) is 0 Å². The van der Waals surface area contributed by atoms with Gasteiger partial charge in [-0.05, 0) is 0 Å². The van der Waals surface area contributed by atoms with Crippen LogP contribution in [0.4, 0.5) is 0 Å². The normalized spacial score (nSPS) is 0. The van der Waals surface area contributed by atoms with Gasteiger partial charge in [-0.3, -0.25) is 0 Å². The van der Waals surface area contributed by atoms with Crippen molar-refractivity contribution >= 4 is 0 Å². The molecule has 0 amide bonds. The minimum absolute atomic E-state index is 0. The molecule has 0 aliphatic carbocycles. The number of rotatable bonds is 0. The Kier molecular flexibility index (Phi) is 94.2. The van der Waals surface area contributed by atoms with Crippen molar-refractivity contribution in [1.29, 1.82) is 0 Å². The maximum Gasteiger partial charge on any atom is 0 e. The van der Waals surface area contributed by atoms with E-state index in [2.05, 4.69) is 0 Å². The van der Waals surface area contributed by atoms with E-state index in [-0.39, 0.29) is 127 Å². The molecule has 0 bridgehead atoms. The third kappa shape index (κ3) is 9.53. The fourth-order valence-corrected chi connectivity index (χ4v) is 0. The number of hydrogen-bond donors (Lipinski definition) is 0. The monoisotopic (exact) mass is 610 g/mol. The molecule has 0 aliphatic rings. The first-order valence-corrected chi connectivity index (χ1v) is 0. The van der Waals surface area contributed by atoms with E-state index in [4.69, 9.17) is 0 Å². The zero-order valence-corrected chi connectivity index (χ0v) is 15.3. The summed E-state index contributed by atoms with van der Waals surface area (Å²) in [5.41, 5.74) is 0. The molecule has 0 heterocycles. The van der Waals surface area contributed by atoms with E-state index < -0.39 is 0 Å². The molecule has 0 N–H and O–H groups in total. The van der Waals surface area contributed by atoms with Crippen molar-refractivity contribution in [1.82, 2.24) is 0 Å². The van der Waals surface area contributed by atoms with Gasteiger partial charge in [0, 0.05) is 127 Å². The largest absolute Gasteiger partial charge is 0 e. The van der Waals surface area contributed by atoms with Gasteiger partial charge in [0.1, 0.15) is 0 Å². The predicted octanol–water partition coefficient (Wildman–Crippen LogP) is -0.00250. The molecule has 0 aromatic carbocycles. The second kappa shape index (κ2) is 15.7. The summed E-state index contributed by atoms with van der Waals surface area (Å²) in [6.07, 6.45) is 0. The smallest absolute Gasteiger partial charge is 0 e. The van der Waals surface area contributed by atoms with Crippen molar-refractivity contribution in [3.8, 4) is 0 Å². The molecular formula is IrLa3. The Hall–Kier alpha value is 4.23. The summed E-state index contributed by atoms with van der Waals surface area (Å²) >= 11 is 0. The SMILES string of the molecule is [Ir].[La].[La].[La]. The van der Waals surface area contributed by atoms with E-state index in [0.717, 1.165) is 0 Å². The van der Waals surface area contributed by atoms with Crippen LogP contribution in [-0.4, -0.2) is 0 Å². The first-order chi connectivity index (χ1) is 0. The Morgan fingerprint density at radius 1 is 0.500 bits per heavy atom. The van der Waals surface area contributed by atoms with Crippen LogP contribution in [0.15, 0.2) is 0 Å². The molecule has 4 heavy (non-hydrogen) atoms. The third-order valence-electron chi connectivity index (χ3n) is 0. The fourth-order valence-electron chi connectivity index (χ4n) is 0. The van der Waals surface area contributed by atoms with Gasteiger partial charge in [-0.2, -0.15) is 0 Å². The van der Waals surface area contributed by atoms with Gasteiger partial charge >= 0.3 is 0 Å². The zero-order valence-electron chi connectivity index (χ0n) is 2.07. The van der Waals surface area contributed by atoms with Gasteiger partial charge in [-0.25, -0.2) is 0 Å². The molecule has 0 spiro atoms. The first-order valence-electron chi connectivity index (χ1n) is 0. The molecule has 0 aromatic rings. The summed E-state index contributed by atoms with van der Waals surface area (Å²) in [7, 11) is 0. The Bertz CT molecular complexity index is 3.25. The summed E-state index contributed by atoms with van der Waals surface area (Å²) in [6, 6.07) is 0. The molecule has 18 valence electrons. The molecule has 0 aromatic heterocycles. The Labute approximate surface area is 123 Å². The van der Waals surface area contributed by atoms with Crippen LogP contribution in [0.3, 0.4) is 0 Å². The molecule has 0 nitrogen and oxygen atoms in total. The Morgan fingerprint density at radius 2 is 0.500 bits per heavy atom. The van der Waals surface area contributed by atoms with E-state index in [1.807, 2.05) is 0 Å². The van der Waals surface area contributed by atoms with E-state index >= 15 is 0 Å². The minimum atomic E-state index is 0. The van der Waals surface area contributed by atoms with Gasteiger partial charge in [0.2, 0.25) is 0 Å². The average molecular weight is 609 g/mol. The van der Waals surface area contributed by atoms with Crippen molar-refractivity contribution in [3.63, 3.8) is 0 Å². The van der Waals surface area contributed by atoms with E-state index in [1.165, 1.54) is 0 Å². The molecule has 0 atom stereocenters. The average Bonchev–Trinajstić information content (AvgIpc) is 0. The van der Waals surface area contributed by atoms with Crippen LogP contribution < -0.4 is 0 Å². The van der Waals surface area contributed by atoms with Crippen LogP contribution in [0.2, 0.25) is 0 Å². The summed E-state index contributed by atoms with van der Waals surface area (Å²) in [5.74, 6) is 0. The molecule has 0 saturated heterocycles.